The summed E-state index contributed by atoms with van der Waals surface area (Å²) in [7, 11) is 1.29. The second kappa shape index (κ2) is 7.22. The van der Waals surface area contributed by atoms with Crippen LogP contribution in [0.2, 0.25) is 0 Å². The van der Waals surface area contributed by atoms with Crippen LogP contribution in [0.15, 0.2) is 0 Å². The van der Waals surface area contributed by atoms with Crippen LogP contribution in [0.1, 0.15) is 46.5 Å². The lowest BCUT2D eigenvalue weighted by molar-refractivity contribution is -0.144. The summed E-state index contributed by atoms with van der Waals surface area (Å²) in [4.78, 5) is 22.6. The van der Waals surface area contributed by atoms with Crippen molar-refractivity contribution >= 4 is 11.9 Å². The highest BCUT2D eigenvalue weighted by Gasteiger charge is 2.36. The molecule has 0 aromatic rings. The van der Waals surface area contributed by atoms with E-state index in [0.29, 0.717) is 6.54 Å². The molecule has 3 N–H and O–H groups in total. The van der Waals surface area contributed by atoms with Gasteiger partial charge in [0.15, 0.2) is 0 Å². The first kappa shape index (κ1) is 17.9. The maximum atomic E-state index is 11.6. The summed E-state index contributed by atoms with van der Waals surface area (Å²) in [5, 5.41) is 16.1. The molecule has 1 amide bonds. The van der Waals surface area contributed by atoms with Crippen molar-refractivity contribution in [3.05, 3.63) is 0 Å². The van der Waals surface area contributed by atoms with E-state index in [4.69, 9.17) is 0 Å². The van der Waals surface area contributed by atoms with Gasteiger partial charge in [0.05, 0.1) is 12.7 Å². The first-order valence-electron chi connectivity index (χ1n) is 7.45. The largest absolute Gasteiger partial charge is 0.467 e. The summed E-state index contributed by atoms with van der Waals surface area (Å²) >= 11 is 0. The van der Waals surface area contributed by atoms with Crippen LogP contribution >= 0.6 is 0 Å². The highest BCUT2D eigenvalue weighted by atomic mass is 16.5. The quantitative estimate of drug-likeness (QED) is 0.625. The van der Waals surface area contributed by atoms with Gasteiger partial charge in [-0.1, -0.05) is 13.8 Å². The third kappa shape index (κ3) is 6.01. The average Bonchev–Trinajstić information content (AvgIpc) is 2.40. The van der Waals surface area contributed by atoms with Gasteiger partial charge in [-0.25, -0.2) is 4.79 Å². The van der Waals surface area contributed by atoms with Crippen LogP contribution in [0.3, 0.4) is 0 Å². The molecule has 1 fully saturated rings. The molecule has 1 atom stereocenters. The first-order valence-corrected chi connectivity index (χ1v) is 7.45. The molecule has 6 heteroatoms. The van der Waals surface area contributed by atoms with Gasteiger partial charge >= 0.3 is 5.97 Å². The smallest absolute Gasteiger partial charge is 0.329 e. The Balaban J connectivity index is 2.43. The molecule has 122 valence electrons. The maximum absolute atomic E-state index is 11.6. The van der Waals surface area contributed by atoms with Gasteiger partial charge < -0.3 is 20.5 Å². The zero-order valence-corrected chi connectivity index (χ0v) is 13.5. The highest BCUT2D eigenvalue weighted by Crippen LogP contribution is 2.39. The molecule has 0 saturated heterocycles. The van der Waals surface area contributed by atoms with Crippen molar-refractivity contribution in [3.63, 3.8) is 0 Å². The molecule has 0 aromatic carbocycles. The number of hydrogen-bond acceptors (Lipinski definition) is 5. The Bertz CT molecular complexity index is 372. The lowest BCUT2D eigenvalue weighted by Gasteiger charge is -2.40. The van der Waals surface area contributed by atoms with Crippen LogP contribution in [-0.2, 0) is 14.3 Å². The Kier molecular flexibility index (Phi) is 6.16. The number of esters is 1. The van der Waals surface area contributed by atoms with Gasteiger partial charge in [0, 0.05) is 20.0 Å². The van der Waals surface area contributed by atoms with Gasteiger partial charge in [-0.3, -0.25) is 4.79 Å². The van der Waals surface area contributed by atoms with Gasteiger partial charge in [-0.05, 0) is 31.1 Å². The molecule has 0 bridgehead atoms. The molecule has 1 saturated carbocycles. The van der Waals surface area contributed by atoms with E-state index in [0.717, 1.165) is 25.7 Å². The number of carbonyl (C=O) groups is 2. The fourth-order valence-electron chi connectivity index (χ4n) is 2.60. The van der Waals surface area contributed by atoms with Crippen LogP contribution in [0, 0.1) is 5.41 Å². The van der Waals surface area contributed by atoms with Crippen molar-refractivity contribution in [2.45, 2.75) is 58.1 Å². The van der Waals surface area contributed by atoms with Crippen LogP contribution in [-0.4, -0.2) is 48.8 Å². The van der Waals surface area contributed by atoms with Gasteiger partial charge in [0.2, 0.25) is 5.91 Å². The Morgan fingerprint density at radius 3 is 2.29 bits per heavy atom. The zero-order chi connectivity index (χ0) is 16.1. The number of methoxy groups -OCH3 is 1. The van der Waals surface area contributed by atoms with Crippen molar-refractivity contribution in [2.24, 2.45) is 5.41 Å². The molecule has 6 nitrogen and oxygen atoms in total. The predicted octanol–water partition coefficient (Wildman–Crippen LogP) is 0.585. The number of carbonyl (C=O) groups excluding carboxylic acids is 2. The van der Waals surface area contributed by atoms with E-state index in [2.05, 4.69) is 29.2 Å². The van der Waals surface area contributed by atoms with E-state index < -0.39 is 17.6 Å². The molecular weight excluding hydrogens is 272 g/mol. The first-order chi connectivity index (χ1) is 9.67. The molecule has 0 aromatic heterocycles. The monoisotopic (exact) mass is 300 g/mol. The van der Waals surface area contributed by atoms with Crippen molar-refractivity contribution < 1.29 is 19.4 Å². The number of aliphatic hydroxyl groups is 1. The Morgan fingerprint density at radius 2 is 1.81 bits per heavy atom. The van der Waals surface area contributed by atoms with E-state index in [-0.39, 0.29) is 17.9 Å². The number of hydrogen-bond donors (Lipinski definition) is 3. The lowest BCUT2D eigenvalue weighted by Crippen LogP contribution is -2.51. The molecule has 1 aliphatic carbocycles. The minimum absolute atomic E-state index is 0.248. The topological polar surface area (TPSA) is 87.7 Å². The predicted molar refractivity (Wildman–Crippen MR) is 79.7 cm³/mol. The number of rotatable bonds is 6. The number of nitrogens with one attached hydrogen (secondary N) is 2. The third-order valence-corrected chi connectivity index (χ3v) is 4.20. The van der Waals surface area contributed by atoms with Gasteiger partial charge in [0.25, 0.3) is 0 Å². The Hall–Kier alpha value is -1.14. The fraction of sp³-hybridized carbons (Fsp3) is 0.867. The van der Waals surface area contributed by atoms with Crippen LogP contribution in [0.25, 0.3) is 0 Å². The fourth-order valence-corrected chi connectivity index (χ4v) is 2.60. The standard InChI is InChI=1S/C15H28N2O4/c1-11(18)17-12(13(19)21-4)9-16-10-15(20)7-5-14(2,3)6-8-15/h12,16,20H,5-10H2,1-4H3,(H,17,18). The van der Waals surface area contributed by atoms with Gasteiger partial charge in [-0.15, -0.1) is 0 Å². The minimum Gasteiger partial charge on any atom is -0.467 e. The third-order valence-electron chi connectivity index (χ3n) is 4.20. The van der Waals surface area contributed by atoms with E-state index in [1.54, 1.807) is 0 Å². The summed E-state index contributed by atoms with van der Waals surface area (Å²) in [5.74, 6) is -0.778. The normalized spacial score (nSPS) is 21.4. The summed E-state index contributed by atoms with van der Waals surface area (Å²) in [6.45, 7) is 6.44. The van der Waals surface area contributed by atoms with Crippen molar-refractivity contribution in [1.29, 1.82) is 0 Å². The molecule has 0 heterocycles. The van der Waals surface area contributed by atoms with Crippen molar-refractivity contribution in [3.8, 4) is 0 Å². The molecule has 1 aliphatic rings. The molecule has 0 radical (unpaired) electrons. The van der Waals surface area contributed by atoms with E-state index in [1.807, 2.05) is 0 Å². The number of ether oxygens (including phenoxy) is 1. The van der Waals surface area contributed by atoms with Crippen LogP contribution < -0.4 is 10.6 Å². The second-order valence-corrected chi connectivity index (χ2v) is 6.80. The lowest BCUT2D eigenvalue weighted by atomic mass is 9.71. The van der Waals surface area contributed by atoms with E-state index in [1.165, 1.54) is 14.0 Å². The molecule has 0 spiro atoms. The van der Waals surface area contributed by atoms with Gasteiger partial charge in [0.1, 0.15) is 6.04 Å². The summed E-state index contributed by atoms with van der Waals surface area (Å²) in [6, 6.07) is -0.726. The Morgan fingerprint density at radius 1 is 1.24 bits per heavy atom. The minimum atomic E-state index is -0.730. The molecule has 1 rings (SSSR count). The number of amides is 1. The summed E-state index contributed by atoms with van der Waals surface area (Å²) in [6.07, 6.45) is 3.46. The average molecular weight is 300 g/mol. The molecular formula is C15H28N2O4. The van der Waals surface area contributed by atoms with E-state index in [9.17, 15) is 14.7 Å². The maximum Gasteiger partial charge on any atom is 0.329 e. The molecule has 1 unspecified atom stereocenters. The highest BCUT2D eigenvalue weighted by molar-refractivity contribution is 5.83. The summed E-state index contributed by atoms with van der Waals surface area (Å²) < 4.78 is 4.65. The molecule has 21 heavy (non-hydrogen) atoms. The zero-order valence-electron chi connectivity index (χ0n) is 13.5. The molecule has 0 aliphatic heterocycles. The van der Waals surface area contributed by atoms with Crippen LogP contribution in [0.5, 0.6) is 0 Å². The van der Waals surface area contributed by atoms with E-state index >= 15 is 0 Å². The van der Waals surface area contributed by atoms with Crippen molar-refractivity contribution in [1.82, 2.24) is 10.6 Å². The Labute approximate surface area is 126 Å². The van der Waals surface area contributed by atoms with Gasteiger partial charge in [-0.2, -0.15) is 0 Å². The van der Waals surface area contributed by atoms with Crippen molar-refractivity contribution in [2.75, 3.05) is 20.2 Å². The second-order valence-electron chi connectivity index (χ2n) is 6.80. The van der Waals surface area contributed by atoms with Crippen LogP contribution in [0.4, 0.5) is 0 Å². The SMILES string of the molecule is COC(=O)C(CNCC1(O)CCC(C)(C)CC1)NC(C)=O. The summed E-state index contributed by atoms with van der Waals surface area (Å²) in [5.41, 5.74) is -0.441.